The Hall–Kier alpha value is -2.41. The molecule has 0 radical (unpaired) electrons. The summed E-state index contributed by atoms with van der Waals surface area (Å²) in [6, 6.07) is 5.72. The van der Waals surface area contributed by atoms with Gasteiger partial charge in [-0.2, -0.15) is 0 Å². The van der Waals surface area contributed by atoms with E-state index in [1.165, 1.54) is 19.3 Å². The van der Waals surface area contributed by atoms with E-state index in [-0.39, 0.29) is 17.9 Å². The number of amides is 2. The van der Waals surface area contributed by atoms with E-state index in [1.807, 2.05) is 36.9 Å². The fourth-order valence-corrected chi connectivity index (χ4v) is 4.46. The Labute approximate surface area is 177 Å². The first-order valence-electron chi connectivity index (χ1n) is 11.2. The van der Waals surface area contributed by atoms with Crippen LogP contribution < -0.4 is 5.32 Å². The van der Waals surface area contributed by atoms with Crippen LogP contribution in [-0.2, 0) is 4.79 Å². The van der Waals surface area contributed by atoms with E-state index in [0.29, 0.717) is 49.8 Å². The molecule has 0 atom stereocenters. The van der Waals surface area contributed by atoms with E-state index < -0.39 is 0 Å². The first kappa shape index (κ1) is 20.8. The molecule has 0 spiro atoms. The fourth-order valence-electron chi connectivity index (χ4n) is 4.46. The van der Waals surface area contributed by atoms with Crippen molar-refractivity contribution in [1.29, 1.82) is 0 Å². The Bertz CT molecular complexity index is 893. The first-order valence-corrected chi connectivity index (χ1v) is 11.2. The van der Waals surface area contributed by atoms with Crippen molar-refractivity contribution in [1.82, 2.24) is 20.1 Å². The molecule has 1 saturated heterocycles. The van der Waals surface area contributed by atoms with E-state index in [9.17, 15) is 9.59 Å². The Kier molecular flexibility index (Phi) is 6.37. The van der Waals surface area contributed by atoms with Gasteiger partial charge in [0.05, 0.1) is 6.54 Å². The van der Waals surface area contributed by atoms with Crippen molar-refractivity contribution in [3.05, 3.63) is 29.7 Å². The van der Waals surface area contributed by atoms with Gasteiger partial charge < -0.3 is 14.6 Å². The van der Waals surface area contributed by atoms with Crippen LogP contribution in [-0.4, -0.2) is 65.4 Å². The van der Waals surface area contributed by atoms with E-state index in [4.69, 9.17) is 4.42 Å². The number of carbonyl (C=O) groups is 2. The molecule has 4 rings (SSSR count). The zero-order valence-electron chi connectivity index (χ0n) is 18.0. The fraction of sp³-hybridized carbons (Fsp3) is 0.609. The number of benzene rings is 1. The van der Waals surface area contributed by atoms with E-state index in [2.05, 4.69) is 15.2 Å². The third kappa shape index (κ3) is 4.83. The number of piperazine rings is 1. The van der Waals surface area contributed by atoms with Crippen LogP contribution in [0.2, 0.25) is 0 Å². The minimum atomic E-state index is 0.0128. The number of oxazole rings is 1. The molecule has 1 aromatic heterocycles. The summed E-state index contributed by atoms with van der Waals surface area (Å²) in [7, 11) is 0. The molecule has 0 unspecified atom stereocenters. The standard InChI is InChI=1S/C23H32N4O3/c1-16(2)24-21(28)15-26-10-12-27(13-11-26)23(29)18-8-9-19-20(14-18)30-22(25-19)17-6-4-3-5-7-17/h8-9,14,16-17H,3-7,10-13,15H2,1-2H3,(H,24,28). The number of carbonyl (C=O) groups excluding carboxylic acids is 2. The summed E-state index contributed by atoms with van der Waals surface area (Å²) < 4.78 is 6.04. The lowest BCUT2D eigenvalue weighted by Crippen LogP contribution is -2.51. The molecule has 1 aliphatic carbocycles. The monoisotopic (exact) mass is 412 g/mol. The van der Waals surface area contributed by atoms with Crippen LogP contribution in [0.25, 0.3) is 11.1 Å². The average Bonchev–Trinajstić information content (AvgIpc) is 3.17. The molecule has 30 heavy (non-hydrogen) atoms. The van der Waals surface area contributed by atoms with Gasteiger partial charge in [-0.15, -0.1) is 0 Å². The molecule has 1 saturated carbocycles. The highest BCUT2D eigenvalue weighted by Crippen LogP contribution is 2.33. The Morgan fingerprint density at radius 2 is 1.87 bits per heavy atom. The van der Waals surface area contributed by atoms with Crippen LogP contribution in [0.3, 0.4) is 0 Å². The highest BCUT2D eigenvalue weighted by atomic mass is 16.3. The van der Waals surface area contributed by atoms with Crippen LogP contribution in [0, 0.1) is 0 Å². The molecular formula is C23H32N4O3. The summed E-state index contributed by atoms with van der Waals surface area (Å²) in [5.74, 6) is 1.28. The molecule has 7 nitrogen and oxygen atoms in total. The van der Waals surface area contributed by atoms with Crippen molar-refractivity contribution < 1.29 is 14.0 Å². The van der Waals surface area contributed by atoms with E-state index in [1.54, 1.807) is 0 Å². The summed E-state index contributed by atoms with van der Waals surface area (Å²) in [4.78, 5) is 33.6. The van der Waals surface area contributed by atoms with Crippen molar-refractivity contribution in [3.8, 4) is 0 Å². The number of rotatable bonds is 5. The lowest BCUT2D eigenvalue weighted by molar-refractivity contribution is -0.123. The van der Waals surface area contributed by atoms with Gasteiger partial charge in [0, 0.05) is 43.7 Å². The molecule has 162 valence electrons. The lowest BCUT2D eigenvalue weighted by Gasteiger charge is -2.34. The minimum absolute atomic E-state index is 0.0128. The van der Waals surface area contributed by atoms with Gasteiger partial charge in [0.1, 0.15) is 5.52 Å². The van der Waals surface area contributed by atoms with Crippen LogP contribution in [0.4, 0.5) is 0 Å². The summed E-state index contributed by atoms with van der Waals surface area (Å²) in [6.45, 7) is 6.94. The van der Waals surface area contributed by atoms with Crippen molar-refractivity contribution >= 4 is 22.9 Å². The van der Waals surface area contributed by atoms with Crippen LogP contribution >= 0.6 is 0 Å². The van der Waals surface area contributed by atoms with Gasteiger partial charge in [-0.1, -0.05) is 19.3 Å². The molecule has 2 aromatic rings. The van der Waals surface area contributed by atoms with Gasteiger partial charge in [0.25, 0.3) is 5.91 Å². The van der Waals surface area contributed by atoms with Gasteiger partial charge in [0.2, 0.25) is 5.91 Å². The van der Waals surface area contributed by atoms with Crippen molar-refractivity contribution in [2.24, 2.45) is 0 Å². The zero-order valence-corrected chi connectivity index (χ0v) is 18.0. The largest absolute Gasteiger partial charge is 0.440 e. The summed E-state index contributed by atoms with van der Waals surface area (Å²) in [5.41, 5.74) is 2.17. The SMILES string of the molecule is CC(C)NC(=O)CN1CCN(C(=O)c2ccc3nc(C4CCCCC4)oc3c2)CC1. The van der Waals surface area contributed by atoms with E-state index >= 15 is 0 Å². The number of fused-ring (bicyclic) bond motifs is 1. The second-order valence-electron chi connectivity index (χ2n) is 8.86. The summed E-state index contributed by atoms with van der Waals surface area (Å²) >= 11 is 0. The average molecular weight is 413 g/mol. The normalized spacial score (nSPS) is 18.8. The third-order valence-electron chi connectivity index (χ3n) is 6.08. The van der Waals surface area contributed by atoms with Crippen molar-refractivity contribution in [3.63, 3.8) is 0 Å². The van der Waals surface area contributed by atoms with Gasteiger partial charge in [0.15, 0.2) is 11.5 Å². The maximum Gasteiger partial charge on any atom is 0.254 e. The van der Waals surface area contributed by atoms with Crippen LogP contribution in [0.5, 0.6) is 0 Å². The highest BCUT2D eigenvalue weighted by molar-refractivity contribution is 5.97. The second-order valence-corrected chi connectivity index (χ2v) is 8.86. The highest BCUT2D eigenvalue weighted by Gasteiger charge is 2.25. The maximum atomic E-state index is 13.0. The van der Waals surface area contributed by atoms with Gasteiger partial charge in [-0.25, -0.2) is 4.98 Å². The summed E-state index contributed by atoms with van der Waals surface area (Å²) in [5, 5.41) is 2.91. The molecule has 2 heterocycles. The van der Waals surface area contributed by atoms with Gasteiger partial charge in [-0.05, 0) is 44.9 Å². The molecule has 1 aromatic carbocycles. The Morgan fingerprint density at radius 3 is 2.57 bits per heavy atom. The smallest absolute Gasteiger partial charge is 0.254 e. The molecule has 1 N–H and O–H groups in total. The number of nitrogens with one attached hydrogen (secondary N) is 1. The van der Waals surface area contributed by atoms with E-state index in [0.717, 1.165) is 24.2 Å². The molecule has 2 aliphatic rings. The lowest BCUT2D eigenvalue weighted by atomic mass is 9.89. The van der Waals surface area contributed by atoms with Gasteiger partial charge in [-0.3, -0.25) is 14.5 Å². The molecular weight excluding hydrogens is 380 g/mol. The molecule has 7 heteroatoms. The molecule has 1 aliphatic heterocycles. The third-order valence-corrected chi connectivity index (χ3v) is 6.08. The minimum Gasteiger partial charge on any atom is -0.440 e. The maximum absolute atomic E-state index is 13.0. The Balaban J connectivity index is 1.37. The van der Waals surface area contributed by atoms with Crippen LogP contribution in [0.15, 0.2) is 22.6 Å². The first-order chi connectivity index (χ1) is 14.5. The topological polar surface area (TPSA) is 78.7 Å². The second kappa shape index (κ2) is 9.16. The predicted molar refractivity (Wildman–Crippen MR) is 115 cm³/mol. The van der Waals surface area contributed by atoms with Gasteiger partial charge >= 0.3 is 0 Å². The molecule has 2 amide bonds. The number of hydrogen-bond donors (Lipinski definition) is 1. The predicted octanol–water partition coefficient (Wildman–Crippen LogP) is 3.16. The molecule has 2 fully saturated rings. The quantitative estimate of drug-likeness (QED) is 0.816. The van der Waals surface area contributed by atoms with Crippen molar-refractivity contribution in [2.45, 2.75) is 57.9 Å². The number of aromatic nitrogens is 1. The summed E-state index contributed by atoms with van der Waals surface area (Å²) in [6.07, 6.45) is 6.04. The number of hydrogen-bond acceptors (Lipinski definition) is 5. The number of nitrogens with zero attached hydrogens (tertiary/aromatic N) is 3. The Morgan fingerprint density at radius 1 is 1.13 bits per heavy atom. The zero-order chi connectivity index (χ0) is 21.1. The van der Waals surface area contributed by atoms with Crippen molar-refractivity contribution in [2.75, 3.05) is 32.7 Å². The van der Waals surface area contributed by atoms with Crippen LogP contribution in [0.1, 0.15) is 68.1 Å². The molecule has 0 bridgehead atoms.